The molecule has 0 unspecified atom stereocenters. The molecular formula is C35H38BNO7. The average molecular weight is 596 g/mol. The first-order valence-electron chi connectivity index (χ1n) is 15.1. The highest BCUT2D eigenvalue weighted by Crippen LogP contribution is 2.48. The van der Waals surface area contributed by atoms with Crippen molar-refractivity contribution < 1.29 is 35.0 Å². The van der Waals surface area contributed by atoms with Crippen LogP contribution in [0.1, 0.15) is 50.2 Å². The van der Waals surface area contributed by atoms with Crippen LogP contribution in [0.3, 0.4) is 0 Å². The third-order valence-electron chi connectivity index (χ3n) is 8.78. The van der Waals surface area contributed by atoms with Gasteiger partial charge in [-0.05, 0) is 77.7 Å². The molecule has 0 spiro atoms. The van der Waals surface area contributed by atoms with Crippen LogP contribution in [0.5, 0.6) is 5.75 Å². The van der Waals surface area contributed by atoms with E-state index < -0.39 is 43.5 Å². The van der Waals surface area contributed by atoms with Crippen LogP contribution in [0.25, 0.3) is 11.6 Å². The average Bonchev–Trinajstić information content (AvgIpc) is 3.28. The molecule has 1 fully saturated rings. The van der Waals surface area contributed by atoms with Crippen molar-refractivity contribution in [2.45, 2.75) is 45.1 Å². The molecule has 3 aromatic rings. The predicted octanol–water partition coefficient (Wildman–Crippen LogP) is 3.67. The molecule has 5 N–H and O–H groups in total. The van der Waals surface area contributed by atoms with Gasteiger partial charge in [-0.25, -0.2) is 0 Å². The first-order valence-corrected chi connectivity index (χ1v) is 15.1. The molecule has 2 amide bonds. The maximum Gasteiger partial charge on any atom is 0.488 e. The number of carbonyl (C=O) groups excluding carboxylic acids is 2. The van der Waals surface area contributed by atoms with Crippen molar-refractivity contribution in [1.82, 2.24) is 0 Å². The fraction of sp³-hybridized carbons (Fsp3) is 0.314. The summed E-state index contributed by atoms with van der Waals surface area (Å²) in [6.45, 7) is 1.63. The summed E-state index contributed by atoms with van der Waals surface area (Å²) >= 11 is 0. The highest BCUT2D eigenvalue weighted by Gasteiger charge is 2.55. The van der Waals surface area contributed by atoms with Gasteiger partial charge in [-0.1, -0.05) is 79.6 Å². The Labute approximate surface area is 257 Å². The lowest BCUT2D eigenvalue weighted by Gasteiger charge is -2.36. The molecule has 9 heteroatoms. The van der Waals surface area contributed by atoms with E-state index in [0.717, 1.165) is 33.6 Å². The minimum atomic E-state index is -1.75. The minimum absolute atomic E-state index is 0.159. The second kappa shape index (κ2) is 13.7. The van der Waals surface area contributed by atoms with Gasteiger partial charge in [-0.15, -0.1) is 0 Å². The van der Waals surface area contributed by atoms with E-state index in [1.165, 1.54) is 12.1 Å². The van der Waals surface area contributed by atoms with Gasteiger partial charge < -0.3 is 25.4 Å². The fourth-order valence-electron chi connectivity index (χ4n) is 6.75. The molecule has 4 atom stereocenters. The Balaban J connectivity index is 1.44. The smallest absolute Gasteiger partial charge is 0.488 e. The highest BCUT2D eigenvalue weighted by atomic mass is 16.4. The first-order chi connectivity index (χ1) is 21.2. The topological polar surface area (TPSA) is 139 Å². The van der Waals surface area contributed by atoms with E-state index in [-0.39, 0.29) is 22.8 Å². The number of fused-ring (bicyclic) bond motifs is 1. The molecule has 228 valence electrons. The van der Waals surface area contributed by atoms with E-state index in [2.05, 4.69) is 0 Å². The van der Waals surface area contributed by atoms with E-state index in [9.17, 15) is 35.0 Å². The minimum Gasteiger partial charge on any atom is -0.508 e. The zero-order valence-electron chi connectivity index (χ0n) is 24.7. The third-order valence-corrected chi connectivity index (χ3v) is 8.78. The molecule has 0 saturated carbocycles. The second-order valence-corrected chi connectivity index (χ2v) is 11.6. The number of anilines is 1. The zero-order chi connectivity index (χ0) is 31.4. The van der Waals surface area contributed by atoms with Crippen LogP contribution >= 0.6 is 0 Å². The van der Waals surface area contributed by atoms with Gasteiger partial charge in [0.2, 0.25) is 11.8 Å². The standard InChI is InChI=1S/C35H38BNO7/c1-2-7-25-19-29-33(35(42)37(34(29)41)27-11-6-10-26(20-27)36(43)44)30(21-38)32(25)31(40)17-14-24(23-8-4-3-5-9-23)18-22-12-15-28(39)16-13-22/h3-6,8-13,15-16,18,20,29-31,33,38-40,43-44H,2,7,14,17,19,21H2,1H3/b24-18-/t29-,30+,31-,33-/m1/s1. The molecule has 2 aliphatic rings. The van der Waals surface area contributed by atoms with Crippen molar-refractivity contribution in [1.29, 1.82) is 0 Å². The van der Waals surface area contributed by atoms with Crippen LogP contribution in [0.15, 0.2) is 90.0 Å². The van der Waals surface area contributed by atoms with Crippen molar-refractivity contribution in [2.24, 2.45) is 17.8 Å². The summed E-state index contributed by atoms with van der Waals surface area (Å²) in [6, 6.07) is 22.8. The lowest BCUT2D eigenvalue weighted by atomic mass is 9.67. The van der Waals surface area contributed by atoms with E-state index >= 15 is 0 Å². The fourth-order valence-corrected chi connectivity index (χ4v) is 6.75. The summed E-state index contributed by atoms with van der Waals surface area (Å²) in [5.74, 6) is -2.89. The number of phenols is 1. The van der Waals surface area contributed by atoms with Gasteiger partial charge in [-0.2, -0.15) is 0 Å². The number of nitrogens with zero attached hydrogens (tertiary/aromatic N) is 1. The molecule has 5 rings (SSSR count). The molecule has 44 heavy (non-hydrogen) atoms. The van der Waals surface area contributed by atoms with Crippen molar-refractivity contribution >= 4 is 41.7 Å². The van der Waals surface area contributed by atoms with Crippen LogP contribution in [0.4, 0.5) is 5.69 Å². The molecule has 0 bridgehead atoms. The number of imide groups is 1. The van der Waals surface area contributed by atoms with Crippen LogP contribution in [-0.4, -0.2) is 57.0 Å². The molecular weight excluding hydrogens is 557 g/mol. The number of hydrogen-bond donors (Lipinski definition) is 5. The lowest BCUT2D eigenvalue weighted by Crippen LogP contribution is -2.39. The number of aliphatic hydroxyl groups is 2. The van der Waals surface area contributed by atoms with Crippen LogP contribution in [0, 0.1) is 17.8 Å². The number of rotatable bonds is 11. The molecule has 3 aromatic carbocycles. The number of benzene rings is 3. The molecule has 8 nitrogen and oxygen atoms in total. The number of allylic oxidation sites excluding steroid dienone is 2. The van der Waals surface area contributed by atoms with Crippen LogP contribution in [0.2, 0.25) is 0 Å². The van der Waals surface area contributed by atoms with Crippen molar-refractivity contribution in [3.8, 4) is 5.75 Å². The normalized spacial score (nSPS) is 21.1. The summed E-state index contributed by atoms with van der Waals surface area (Å²) in [6.07, 6.45) is 3.67. The number of amides is 2. The Hall–Kier alpha value is -4.02. The van der Waals surface area contributed by atoms with Gasteiger partial charge in [0.25, 0.3) is 0 Å². The lowest BCUT2D eigenvalue weighted by molar-refractivity contribution is -0.123. The summed E-state index contributed by atoms with van der Waals surface area (Å²) in [4.78, 5) is 28.6. The summed E-state index contributed by atoms with van der Waals surface area (Å²) < 4.78 is 0. The quantitative estimate of drug-likeness (QED) is 0.0987. The van der Waals surface area contributed by atoms with Crippen molar-refractivity contribution in [2.75, 3.05) is 11.5 Å². The zero-order valence-corrected chi connectivity index (χ0v) is 24.7. The monoisotopic (exact) mass is 595 g/mol. The van der Waals surface area contributed by atoms with Crippen molar-refractivity contribution in [3.63, 3.8) is 0 Å². The summed E-state index contributed by atoms with van der Waals surface area (Å²) in [5.41, 5.74) is 4.87. The van der Waals surface area contributed by atoms with Gasteiger partial charge in [-0.3, -0.25) is 14.5 Å². The van der Waals surface area contributed by atoms with Gasteiger partial charge in [0, 0.05) is 5.92 Å². The number of hydrogen-bond acceptors (Lipinski definition) is 7. The first kappa shape index (κ1) is 31.4. The maximum absolute atomic E-state index is 13.8. The Bertz CT molecular complexity index is 1550. The van der Waals surface area contributed by atoms with Gasteiger partial charge in [0.15, 0.2) is 0 Å². The van der Waals surface area contributed by atoms with E-state index in [4.69, 9.17) is 0 Å². The van der Waals surface area contributed by atoms with Crippen LogP contribution < -0.4 is 10.4 Å². The number of aliphatic hydroxyl groups excluding tert-OH is 2. The Morgan fingerprint density at radius 1 is 1.00 bits per heavy atom. The number of phenolic OH excluding ortho intramolecular Hbond substituents is 1. The van der Waals surface area contributed by atoms with Gasteiger partial charge in [0.1, 0.15) is 5.75 Å². The van der Waals surface area contributed by atoms with E-state index in [1.54, 1.807) is 24.3 Å². The van der Waals surface area contributed by atoms with Crippen molar-refractivity contribution in [3.05, 3.63) is 101 Å². The molecule has 0 aromatic heterocycles. The SMILES string of the molecule is CCCC1=C([C@H](O)CC/C(=C/c2ccc(O)cc2)c2ccccc2)[C@H](CO)[C@@H]2C(=O)N(c3cccc(B(O)O)c3)C(=O)[C@@H]2C1. The molecule has 1 aliphatic carbocycles. The molecule has 1 saturated heterocycles. The Morgan fingerprint density at radius 3 is 2.39 bits per heavy atom. The predicted molar refractivity (Wildman–Crippen MR) is 171 cm³/mol. The Kier molecular flexibility index (Phi) is 9.81. The Morgan fingerprint density at radius 2 is 1.73 bits per heavy atom. The summed E-state index contributed by atoms with van der Waals surface area (Å²) in [7, 11) is -1.75. The number of carbonyl (C=O) groups is 2. The molecule has 0 radical (unpaired) electrons. The summed E-state index contributed by atoms with van der Waals surface area (Å²) in [5, 5.41) is 51.4. The number of aromatic hydroxyl groups is 1. The second-order valence-electron chi connectivity index (χ2n) is 11.6. The maximum atomic E-state index is 13.8. The van der Waals surface area contributed by atoms with E-state index in [0.29, 0.717) is 31.3 Å². The largest absolute Gasteiger partial charge is 0.508 e. The highest BCUT2D eigenvalue weighted by molar-refractivity contribution is 6.58. The van der Waals surface area contributed by atoms with E-state index in [1.807, 2.05) is 55.5 Å². The third kappa shape index (κ3) is 6.42. The van der Waals surface area contributed by atoms with Gasteiger partial charge >= 0.3 is 7.12 Å². The van der Waals surface area contributed by atoms with Crippen LogP contribution in [-0.2, 0) is 9.59 Å². The van der Waals surface area contributed by atoms with Gasteiger partial charge in [0.05, 0.1) is 30.2 Å². The molecule has 1 aliphatic heterocycles. The molecule has 1 heterocycles.